The number of para-hydroxylation sites is 1. The van der Waals surface area contributed by atoms with Crippen molar-refractivity contribution in [3.05, 3.63) is 48.2 Å². The topological polar surface area (TPSA) is 60.2 Å². The quantitative estimate of drug-likeness (QED) is 0.670. The van der Waals surface area contributed by atoms with E-state index < -0.39 is 0 Å². The summed E-state index contributed by atoms with van der Waals surface area (Å²) in [4.78, 5) is 19.9. The Labute approximate surface area is 170 Å². The molecule has 4 rings (SSSR count). The van der Waals surface area contributed by atoms with Crippen molar-refractivity contribution in [2.45, 2.75) is 25.9 Å². The number of amides is 1. The third-order valence-corrected chi connectivity index (χ3v) is 5.05. The van der Waals surface area contributed by atoms with Gasteiger partial charge in [-0.1, -0.05) is 18.2 Å². The van der Waals surface area contributed by atoms with Gasteiger partial charge in [-0.3, -0.25) is 9.48 Å². The van der Waals surface area contributed by atoms with Gasteiger partial charge in [0.25, 0.3) is 5.91 Å². The number of piperidine rings is 1. The second-order valence-electron chi connectivity index (χ2n) is 6.89. The molecule has 0 bridgehead atoms. The van der Waals surface area contributed by atoms with E-state index in [1.54, 1.807) is 4.68 Å². The Kier molecular flexibility index (Phi) is 6.31. The number of rotatable bonds is 4. The Morgan fingerprint density at radius 3 is 2.61 bits per heavy atom. The fourth-order valence-electron chi connectivity index (χ4n) is 3.67. The zero-order chi connectivity index (χ0) is 18.8. The van der Waals surface area contributed by atoms with E-state index in [1.165, 1.54) is 0 Å². The number of nitrogens with zero attached hydrogens (tertiary/aromatic N) is 4. The second-order valence-corrected chi connectivity index (χ2v) is 6.89. The van der Waals surface area contributed by atoms with Gasteiger partial charge in [-0.15, -0.1) is 12.4 Å². The van der Waals surface area contributed by atoms with Crippen molar-refractivity contribution < 1.29 is 9.53 Å². The Balaban J connectivity index is 0.00000225. The van der Waals surface area contributed by atoms with Gasteiger partial charge < -0.3 is 9.64 Å². The maximum atomic E-state index is 13.3. The van der Waals surface area contributed by atoms with E-state index in [9.17, 15) is 4.79 Å². The van der Waals surface area contributed by atoms with Gasteiger partial charge in [0, 0.05) is 38.3 Å². The number of likely N-dealkylation sites (tertiary alicyclic amines) is 1. The van der Waals surface area contributed by atoms with Crippen molar-refractivity contribution in [3.8, 4) is 11.4 Å². The number of carbonyl (C=O) groups is 1. The molecule has 6 nitrogen and oxygen atoms in total. The first-order valence-corrected chi connectivity index (χ1v) is 9.46. The molecule has 28 heavy (non-hydrogen) atoms. The molecular weight excluding hydrogens is 376 g/mol. The van der Waals surface area contributed by atoms with Crippen molar-refractivity contribution >= 4 is 29.2 Å². The van der Waals surface area contributed by atoms with Crippen LogP contribution in [0.25, 0.3) is 22.3 Å². The zero-order valence-electron chi connectivity index (χ0n) is 16.2. The molecule has 1 aliphatic heterocycles. The molecule has 148 valence electrons. The lowest BCUT2D eigenvalue weighted by atomic mass is 10.0. The number of ether oxygens (including phenoxy) is 1. The monoisotopic (exact) mass is 400 g/mol. The van der Waals surface area contributed by atoms with Crippen LogP contribution in [-0.2, 0) is 11.8 Å². The summed E-state index contributed by atoms with van der Waals surface area (Å²) in [6.07, 6.45) is 3.91. The predicted octanol–water partition coefficient (Wildman–Crippen LogP) is 3.70. The number of halogens is 1. The molecule has 0 N–H and O–H groups in total. The summed E-state index contributed by atoms with van der Waals surface area (Å²) in [6, 6.07) is 11.6. The standard InChI is InChI=1S/C21H24N4O2.ClH/c1-3-27-15-8-12-25(13-9-15)21(26)17-14-20(19-10-11-24(2)23-19)22-18-7-5-4-6-16(17)18;/h4-7,10-11,14-15H,3,8-9,12-13H2,1-2H3;1H. The van der Waals surface area contributed by atoms with Gasteiger partial charge in [0.1, 0.15) is 5.69 Å². The summed E-state index contributed by atoms with van der Waals surface area (Å²) in [7, 11) is 1.87. The maximum absolute atomic E-state index is 13.3. The molecule has 1 aliphatic rings. The normalized spacial score (nSPS) is 14.9. The fourth-order valence-corrected chi connectivity index (χ4v) is 3.67. The number of aryl methyl sites for hydroxylation is 1. The smallest absolute Gasteiger partial charge is 0.254 e. The van der Waals surface area contributed by atoms with E-state index in [-0.39, 0.29) is 24.4 Å². The van der Waals surface area contributed by atoms with Gasteiger partial charge in [-0.05, 0) is 38.0 Å². The van der Waals surface area contributed by atoms with Crippen molar-refractivity contribution in [3.63, 3.8) is 0 Å². The van der Waals surface area contributed by atoms with Gasteiger partial charge in [-0.25, -0.2) is 4.98 Å². The number of pyridine rings is 1. The van der Waals surface area contributed by atoms with Crippen LogP contribution in [0.2, 0.25) is 0 Å². The van der Waals surface area contributed by atoms with Gasteiger partial charge in [0.05, 0.1) is 22.9 Å². The van der Waals surface area contributed by atoms with Crippen molar-refractivity contribution in [2.75, 3.05) is 19.7 Å². The van der Waals surface area contributed by atoms with Crippen LogP contribution in [-0.4, -0.2) is 51.4 Å². The largest absolute Gasteiger partial charge is 0.378 e. The molecule has 1 saturated heterocycles. The average molecular weight is 401 g/mol. The molecular formula is C21H25ClN4O2. The summed E-state index contributed by atoms with van der Waals surface area (Å²) < 4.78 is 7.45. The Morgan fingerprint density at radius 1 is 1.18 bits per heavy atom. The molecule has 1 aromatic carbocycles. The Bertz CT molecular complexity index is 964. The van der Waals surface area contributed by atoms with Crippen LogP contribution in [0, 0.1) is 0 Å². The van der Waals surface area contributed by atoms with Crippen LogP contribution >= 0.6 is 12.4 Å². The summed E-state index contributed by atoms with van der Waals surface area (Å²) in [6.45, 7) is 4.18. The minimum atomic E-state index is 0. The maximum Gasteiger partial charge on any atom is 0.254 e. The minimum Gasteiger partial charge on any atom is -0.378 e. The van der Waals surface area contributed by atoms with Crippen molar-refractivity contribution in [1.29, 1.82) is 0 Å². The first-order chi connectivity index (χ1) is 13.2. The molecule has 0 unspecified atom stereocenters. The van der Waals surface area contributed by atoms with Crippen LogP contribution in [0.15, 0.2) is 42.6 Å². The van der Waals surface area contributed by atoms with Gasteiger partial charge in [0.15, 0.2) is 0 Å². The van der Waals surface area contributed by atoms with Crippen LogP contribution in [0.4, 0.5) is 0 Å². The molecule has 0 aliphatic carbocycles. The molecule has 3 heterocycles. The number of benzene rings is 1. The first kappa shape index (κ1) is 20.3. The predicted molar refractivity (Wildman–Crippen MR) is 112 cm³/mol. The zero-order valence-corrected chi connectivity index (χ0v) is 17.0. The second kappa shape index (κ2) is 8.71. The highest BCUT2D eigenvalue weighted by molar-refractivity contribution is 6.07. The Hall–Kier alpha value is -2.44. The van der Waals surface area contributed by atoms with E-state index in [2.05, 4.69) is 5.10 Å². The van der Waals surface area contributed by atoms with Crippen LogP contribution in [0.5, 0.6) is 0 Å². The molecule has 0 saturated carbocycles. The molecule has 0 atom stereocenters. The molecule has 7 heteroatoms. The summed E-state index contributed by atoms with van der Waals surface area (Å²) in [5.74, 6) is 0.0562. The third kappa shape index (κ3) is 4.03. The summed E-state index contributed by atoms with van der Waals surface area (Å²) >= 11 is 0. The third-order valence-electron chi connectivity index (χ3n) is 5.05. The van der Waals surface area contributed by atoms with E-state index in [0.29, 0.717) is 5.56 Å². The molecule has 1 amide bonds. The van der Waals surface area contributed by atoms with Gasteiger partial charge in [-0.2, -0.15) is 5.10 Å². The fraction of sp³-hybridized carbons (Fsp3) is 0.381. The molecule has 3 aromatic rings. The number of carbonyl (C=O) groups excluding carboxylic acids is 1. The highest BCUT2D eigenvalue weighted by atomic mass is 35.5. The SMILES string of the molecule is CCOC1CCN(C(=O)c2cc(-c3ccn(C)n3)nc3ccccc23)CC1.Cl. The van der Waals surface area contributed by atoms with Crippen molar-refractivity contribution in [1.82, 2.24) is 19.7 Å². The first-order valence-electron chi connectivity index (χ1n) is 9.46. The molecule has 1 fully saturated rings. The lowest BCUT2D eigenvalue weighted by molar-refractivity contribution is 0.0146. The minimum absolute atomic E-state index is 0. The van der Waals surface area contributed by atoms with E-state index >= 15 is 0 Å². The van der Waals surface area contributed by atoms with Crippen molar-refractivity contribution in [2.24, 2.45) is 7.05 Å². The molecule has 2 aromatic heterocycles. The van der Waals surface area contributed by atoms with E-state index in [1.807, 2.05) is 61.5 Å². The summed E-state index contributed by atoms with van der Waals surface area (Å²) in [5.41, 5.74) is 3.00. The highest BCUT2D eigenvalue weighted by Crippen LogP contribution is 2.26. The number of fused-ring (bicyclic) bond motifs is 1. The molecule has 0 radical (unpaired) electrons. The highest BCUT2D eigenvalue weighted by Gasteiger charge is 2.25. The number of aromatic nitrogens is 3. The van der Waals surface area contributed by atoms with Crippen LogP contribution < -0.4 is 0 Å². The van der Waals surface area contributed by atoms with Crippen LogP contribution in [0.1, 0.15) is 30.1 Å². The van der Waals surface area contributed by atoms with Gasteiger partial charge >= 0.3 is 0 Å². The Morgan fingerprint density at radius 2 is 1.93 bits per heavy atom. The number of hydrogen-bond donors (Lipinski definition) is 0. The van der Waals surface area contributed by atoms with Crippen LogP contribution in [0.3, 0.4) is 0 Å². The lowest BCUT2D eigenvalue weighted by Crippen LogP contribution is -2.41. The summed E-state index contributed by atoms with van der Waals surface area (Å²) in [5, 5.41) is 5.33. The number of hydrogen-bond acceptors (Lipinski definition) is 4. The molecule has 0 spiro atoms. The van der Waals surface area contributed by atoms with Gasteiger partial charge in [0.2, 0.25) is 0 Å². The van der Waals surface area contributed by atoms with E-state index in [0.717, 1.165) is 54.8 Å². The van der Waals surface area contributed by atoms with E-state index in [4.69, 9.17) is 9.72 Å². The lowest BCUT2D eigenvalue weighted by Gasteiger charge is -2.32. The average Bonchev–Trinajstić information content (AvgIpc) is 3.14.